The number of benzene rings is 1. The number of nitrogens with zero attached hydrogens (tertiary/aromatic N) is 1. The largest absolute Gasteiger partial charge is 0.387 e. The number of sulfonamides is 1. The third-order valence-corrected chi connectivity index (χ3v) is 7.40. The number of hydrogen-bond donors (Lipinski definition) is 1. The Morgan fingerprint density at radius 3 is 2.96 bits per heavy atom. The normalized spacial score (nSPS) is 22.5. The summed E-state index contributed by atoms with van der Waals surface area (Å²) in [6.07, 6.45) is 3.15. The maximum absolute atomic E-state index is 13.5. The Morgan fingerprint density at radius 1 is 1.36 bits per heavy atom. The Kier molecular flexibility index (Phi) is 5.22. The lowest BCUT2D eigenvalue weighted by Gasteiger charge is -2.29. The van der Waals surface area contributed by atoms with Crippen molar-refractivity contribution in [2.75, 3.05) is 17.5 Å². The SMILES string of the molecule is O=C1/C(=C/NCC2CCCO2)S(=O)(=O)N(Cc2cccc(F)c2)c2ccsc21. The van der Waals surface area contributed by atoms with Gasteiger partial charge in [-0.15, -0.1) is 11.3 Å². The predicted molar refractivity (Wildman–Crippen MR) is 105 cm³/mol. The average molecular weight is 423 g/mol. The van der Waals surface area contributed by atoms with E-state index < -0.39 is 21.6 Å². The summed E-state index contributed by atoms with van der Waals surface area (Å²) >= 11 is 1.19. The van der Waals surface area contributed by atoms with Crippen molar-refractivity contribution in [3.63, 3.8) is 0 Å². The molecular weight excluding hydrogens is 403 g/mol. The Bertz CT molecular complexity index is 1030. The minimum atomic E-state index is -4.08. The summed E-state index contributed by atoms with van der Waals surface area (Å²) in [6, 6.07) is 7.37. The maximum Gasteiger partial charge on any atom is 0.270 e. The number of halogens is 1. The molecule has 4 rings (SSSR count). The molecule has 1 atom stereocenters. The summed E-state index contributed by atoms with van der Waals surface area (Å²) < 4.78 is 46.6. The van der Waals surface area contributed by atoms with Crippen molar-refractivity contribution in [2.45, 2.75) is 25.5 Å². The van der Waals surface area contributed by atoms with Gasteiger partial charge in [0.25, 0.3) is 10.0 Å². The molecule has 3 heterocycles. The molecule has 1 N–H and O–H groups in total. The van der Waals surface area contributed by atoms with E-state index in [2.05, 4.69) is 5.32 Å². The number of allylic oxidation sites excluding steroid dienone is 1. The molecule has 148 valence electrons. The van der Waals surface area contributed by atoms with Crippen molar-refractivity contribution in [1.29, 1.82) is 0 Å². The molecule has 0 radical (unpaired) electrons. The Hall–Kier alpha value is -2.23. The van der Waals surface area contributed by atoms with Crippen LogP contribution < -0.4 is 9.62 Å². The molecule has 9 heteroatoms. The highest BCUT2D eigenvalue weighted by Gasteiger charge is 2.41. The summed E-state index contributed by atoms with van der Waals surface area (Å²) in [4.78, 5) is 12.8. The number of fused-ring (bicyclic) bond motifs is 1. The minimum Gasteiger partial charge on any atom is -0.387 e. The van der Waals surface area contributed by atoms with E-state index in [-0.39, 0.29) is 17.6 Å². The van der Waals surface area contributed by atoms with Crippen LogP contribution in [-0.2, 0) is 21.3 Å². The fourth-order valence-electron chi connectivity index (χ4n) is 3.35. The van der Waals surface area contributed by atoms with Gasteiger partial charge in [-0.3, -0.25) is 9.10 Å². The van der Waals surface area contributed by atoms with Gasteiger partial charge in [-0.2, -0.15) is 0 Å². The van der Waals surface area contributed by atoms with E-state index in [0.29, 0.717) is 29.3 Å². The van der Waals surface area contributed by atoms with Crippen LogP contribution in [-0.4, -0.2) is 33.5 Å². The molecule has 0 saturated carbocycles. The number of anilines is 1. The van der Waals surface area contributed by atoms with E-state index in [1.54, 1.807) is 17.5 Å². The van der Waals surface area contributed by atoms with Gasteiger partial charge < -0.3 is 10.1 Å². The minimum absolute atomic E-state index is 0.0129. The van der Waals surface area contributed by atoms with Crippen molar-refractivity contribution in [2.24, 2.45) is 0 Å². The number of carbonyl (C=O) groups excluding carboxylic acids is 1. The fraction of sp³-hybridized carbons (Fsp3) is 0.316. The van der Waals surface area contributed by atoms with Gasteiger partial charge in [-0.25, -0.2) is 12.8 Å². The lowest BCUT2D eigenvalue weighted by molar-refractivity contribution is 0.104. The molecule has 2 aromatic rings. The van der Waals surface area contributed by atoms with E-state index >= 15 is 0 Å². The van der Waals surface area contributed by atoms with Crippen LogP contribution in [0.4, 0.5) is 10.1 Å². The predicted octanol–water partition coefficient (Wildman–Crippen LogP) is 3.03. The Balaban J connectivity index is 1.65. The zero-order chi connectivity index (χ0) is 19.7. The van der Waals surface area contributed by atoms with Crippen molar-refractivity contribution < 1.29 is 22.3 Å². The summed E-state index contributed by atoms with van der Waals surface area (Å²) in [7, 11) is -4.08. The molecular formula is C19H19FN2O4S2. The summed E-state index contributed by atoms with van der Waals surface area (Å²) in [5.41, 5.74) is 0.831. The first-order valence-electron chi connectivity index (χ1n) is 8.91. The van der Waals surface area contributed by atoms with Crippen LogP contribution >= 0.6 is 11.3 Å². The van der Waals surface area contributed by atoms with Gasteiger partial charge in [0.05, 0.1) is 18.3 Å². The lowest BCUT2D eigenvalue weighted by Crippen LogP contribution is -2.39. The monoisotopic (exact) mass is 422 g/mol. The zero-order valence-corrected chi connectivity index (χ0v) is 16.6. The topological polar surface area (TPSA) is 75.7 Å². The van der Waals surface area contributed by atoms with Crippen LogP contribution in [0.1, 0.15) is 28.1 Å². The third kappa shape index (κ3) is 3.57. The van der Waals surface area contributed by atoms with Crippen LogP contribution in [0.2, 0.25) is 0 Å². The first-order valence-corrected chi connectivity index (χ1v) is 11.2. The molecule has 2 aliphatic rings. The lowest BCUT2D eigenvalue weighted by atomic mass is 10.2. The second-order valence-corrected chi connectivity index (χ2v) is 9.40. The molecule has 0 aliphatic carbocycles. The van der Waals surface area contributed by atoms with Gasteiger partial charge in [0, 0.05) is 19.4 Å². The third-order valence-electron chi connectivity index (χ3n) is 4.73. The number of rotatable bonds is 5. The van der Waals surface area contributed by atoms with Crippen LogP contribution in [0.15, 0.2) is 46.8 Å². The number of Topliss-reactive ketones (excluding diaryl/α,β-unsaturated/α-hetero) is 1. The number of hydrogen-bond acceptors (Lipinski definition) is 6. The molecule has 1 fully saturated rings. The van der Waals surface area contributed by atoms with E-state index in [4.69, 9.17) is 4.74 Å². The quantitative estimate of drug-likeness (QED) is 0.750. The van der Waals surface area contributed by atoms with Gasteiger partial charge in [-0.05, 0) is 42.0 Å². The molecule has 1 aromatic carbocycles. The molecule has 28 heavy (non-hydrogen) atoms. The van der Waals surface area contributed by atoms with E-state index in [1.807, 2.05) is 0 Å². The molecule has 1 aromatic heterocycles. The summed E-state index contributed by atoms with van der Waals surface area (Å²) in [5, 5.41) is 4.61. The summed E-state index contributed by atoms with van der Waals surface area (Å²) in [6.45, 7) is 1.08. The number of ketones is 1. The highest BCUT2D eigenvalue weighted by Crippen LogP contribution is 2.39. The number of ether oxygens (including phenoxy) is 1. The summed E-state index contributed by atoms with van der Waals surface area (Å²) in [5.74, 6) is -0.970. The highest BCUT2D eigenvalue weighted by atomic mass is 32.2. The molecule has 0 spiro atoms. The van der Waals surface area contributed by atoms with Gasteiger partial charge in [0.15, 0.2) is 4.91 Å². The Morgan fingerprint density at radius 2 is 2.21 bits per heavy atom. The Labute approximate surface area is 166 Å². The first kappa shape index (κ1) is 19.1. The number of carbonyl (C=O) groups is 1. The van der Waals surface area contributed by atoms with Gasteiger partial charge in [0.1, 0.15) is 10.7 Å². The van der Waals surface area contributed by atoms with Crippen LogP contribution in [0.3, 0.4) is 0 Å². The van der Waals surface area contributed by atoms with E-state index in [1.165, 1.54) is 35.7 Å². The molecule has 0 amide bonds. The molecule has 6 nitrogen and oxygen atoms in total. The molecule has 2 aliphatic heterocycles. The molecule has 1 unspecified atom stereocenters. The van der Waals surface area contributed by atoms with Gasteiger partial charge in [0.2, 0.25) is 5.78 Å². The smallest absolute Gasteiger partial charge is 0.270 e. The van der Waals surface area contributed by atoms with Crippen LogP contribution in [0, 0.1) is 5.82 Å². The van der Waals surface area contributed by atoms with E-state index in [0.717, 1.165) is 17.1 Å². The second-order valence-electron chi connectivity index (χ2n) is 6.66. The second kappa shape index (κ2) is 7.65. The zero-order valence-electron chi connectivity index (χ0n) is 14.9. The van der Waals surface area contributed by atoms with Crippen molar-refractivity contribution in [1.82, 2.24) is 5.32 Å². The number of nitrogens with one attached hydrogen (secondary N) is 1. The average Bonchev–Trinajstić information content (AvgIpc) is 3.33. The highest BCUT2D eigenvalue weighted by molar-refractivity contribution is 7.97. The number of thiophene rings is 1. The standard InChI is InChI=1S/C19H19FN2O4S2/c20-14-4-1-3-13(9-14)12-22-16-6-8-27-19(16)18(23)17(28(22,24)25)11-21-10-15-5-2-7-26-15/h1,3-4,6,8-9,11,15,21H,2,5,7,10,12H2/b17-11-. The van der Waals surface area contributed by atoms with Crippen molar-refractivity contribution in [3.05, 3.63) is 63.1 Å². The van der Waals surface area contributed by atoms with Crippen LogP contribution in [0.25, 0.3) is 0 Å². The van der Waals surface area contributed by atoms with Crippen molar-refractivity contribution >= 4 is 32.8 Å². The van der Waals surface area contributed by atoms with Crippen LogP contribution in [0.5, 0.6) is 0 Å². The van der Waals surface area contributed by atoms with Gasteiger partial charge in [-0.1, -0.05) is 12.1 Å². The fourth-order valence-corrected chi connectivity index (χ4v) is 5.85. The first-order chi connectivity index (χ1) is 13.5. The van der Waals surface area contributed by atoms with Crippen molar-refractivity contribution in [3.8, 4) is 0 Å². The maximum atomic E-state index is 13.5. The molecule has 0 bridgehead atoms. The molecule has 1 saturated heterocycles. The van der Waals surface area contributed by atoms with E-state index in [9.17, 15) is 17.6 Å². The van der Waals surface area contributed by atoms with Gasteiger partial charge >= 0.3 is 0 Å².